The van der Waals surface area contributed by atoms with Gasteiger partial charge in [0.25, 0.3) is 0 Å². The van der Waals surface area contributed by atoms with Crippen LogP contribution in [0, 0.1) is 18.6 Å². The van der Waals surface area contributed by atoms with Gasteiger partial charge < -0.3 is 10.6 Å². The first-order chi connectivity index (χ1) is 12.5. The number of benzene rings is 2. The van der Waals surface area contributed by atoms with Gasteiger partial charge in [-0.2, -0.15) is 4.98 Å². The van der Waals surface area contributed by atoms with Crippen molar-refractivity contribution in [2.75, 3.05) is 17.2 Å². The molecule has 0 unspecified atom stereocenters. The third kappa shape index (κ3) is 4.89. The number of hydrogen-bond acceptors (Lipinski definition) is 4. The van der Waals surface area contributed by atoms with Crippen molar-refractivity contribution in [3.63, 3.8) is 0 Å². The van der Waals surface area contributed by atoms with E-state index in [1.807, 2.05) is 13.0 Å². The van der Waals surface area contributed by atoms with E-state index in [0.717, 1.165) is 17.7 Å². The lowest BCUT2D eigenvalue weighted by Crippen LogP contribution is -2.08. The fraction of sp³-hybridized carbons (Fsp3) is 0.158. The van der Waals surface area contributed by atoms with Crippen molar-refractivity contribution in [2.45, 2.75) is 13.3 Å². The van der Waals surface area contributed by atoms with E-state index in [0.29, 0.717) is 24.0 Å². The van der Waals surface area contributed by atoms with Crippen LogP contribution in [0.1, 0.15) is 11.3 Å². The second-order valence-electron chi connectivity index (χ2n) is 5.78. The molecule has 0 saturated heterocycles. The standard InChI is InChI=1S/C19H17ClF2N4/c1-12-10-18(23-9-8-13-2-4-14(21)5-3-13)26-19(24-12)25-15-6-7-17(22)16(20)11-15/h2-7,10-11H,8-9H2,1H3,(H2,23,24,25,26). The maximum atomic E-state index is 13.2. The number of hydrogen-bond donors (Lipinski definition) is 2. The third-order valence-electron chi connectivity index (χ3n) is 3.66. The van der Waals surface area contributed by atoms with Crippen molar-refractivity contribution < 1.29 is 8.78 Å². The minimum absolute atomic E-state index is 0.0281. The summed E-state index contributed by atoms with van der Waals surface area (Å²) in [5, 5.41) is 6.26. The van der Waals surface area contributed by atoms with Gasteiger partial charge in [0.05, 0.1) is 5.02 Å². The van der Waals surface area contributed by atoms with Crippen LogP contribution < -0.4 is 10.6 Å². The smallest absolute Gasteiger partial charge is 0.229 e. The van der Waals surface area contributed by atoms with Crippen LogP contribution in [0.25, 0.3) is 0 Å². The van der Waals surface area contributed by atoms with Crippen molar-refractivity contribution in [3.05, 3.63) is 76.4 Å². The van der Waals surface area contributed by atoms with E-state index >= 15 is 0 Å². The molecule has 4 nitrogen and oxygen atoms in total. The first-order valence-electron chi connectivity index (χ1n) is 8.06. The topological polar surface area (TPSA) is 49.8 Å². The van der Waals surface area contributed by atoms with Crippen LogP contribution in [-0.4, -0.2) is 16.5 Å². The number of aryl methyl sites for hydroxylation is 1. The fourth-order valence-corrected chi connectivity index (χ4v) is 2.58. The Hall–Kier alpha value is -2.73. The lowest BCUT2D eigenvalue weighted by molar-refractivity contribution is 0.627. The molecule has 2 N–H and O–H groups in total. The molecule has 0 aliphatic rings. The minimum Gasteiger partial charge on any atom is -0.370 e. The van der Waals surface area contributed by atoms with Gasteiger partial charge in [0.15, 0.2) is 0 Å². The Morgan fingerprint density at radius 3 is 2.50 bits per heavy atom. The molecule has 1 heterocycles. The number of nitrogens with one attached hydrogen (secondary N) is 2. The Bertz CT molecular complexity index is 901. The summed E-state index contributed by atoms with van der Waals surface area (Å²) in [6, 6.07) is 12.6. The molecule has 0 aliphatic heterocycles. The summed E-state index contributed by atoms with van der Waals surface area (Å²) in [4.78, 5) is 8.71. The number of aromatic nitrogens is 2. The molecule has 2 aromatic carbocycles. The second kappa shape index (κ2) is 8.10. The predicted octanol–water partition coefficient (Wildman–Crippen LogP) is 5.11. The highest BCUT2D eigenvalue weighted by molar-refractivity contribution is 6.31. The summed E-state index contributed by atoms with van der Waals surface area (Å²) in [6.45, 7) is 2.50. The summed E-state index contributed by atoms with van der Waals surface area (Å²) >= 11 is 5.79. The summed E-state index contributed by atoms with van der Waals surface area (Å²) in [5.41, 5.74) is 2.41. The van der Waals surface area contributed by atoms with Gasteiger partial charge in [-0.05, 0) is 49.2 Å². The van der Waals surface area contributed by atoms with Gasteiger partial charge >= 0.3 is 0 Å². The molecular formula is C19H17ClF2N4. The largest absolute Gasteiger partial charge is 0.370 e. The van der Waals surface area contributed by atoms with E-state index in [2.05, 4.69) is 20.6 Å². The molecule has 26 heavy (non-hydrogen) atoms. The number of rotatable bonds is 6. The van der Waals surface area contributed by atoms with Gasteiger partial charge in [-0.25, -0.2) is 13.8 Å². The minimum atomic E-state index is -0.481. The van der Waals surface area contributed by atoms with Crippen LogP contribution in [0.4, 0.5) is 26.2 Å². The van der Waals surface area contributed by atoms with Gasteiger partial charge in [0, 0.05) is 24.0 Å². The lowest BCUT2D eigenvalue weighted by Gasteiger charge is -2.10. The van der Waals surface area contributed by atoms with Crippen molar-refractivity contribution >= 4 is 29.1 Å². The number of nitrogens with zero attached hydrogens (tertiary/aromatic N) is 2. The van der Waals surface area contributed by atoms with Crippen molar-refractivity contribution in [3.8, 4) is 0 Å². The molecule has 7 heteroatoms. The van der Waals surface area contributed by atoms with Crippen LogP contribution in [0.3, 0.4) is 0 Å². The summed E-state index contributed by atoms with van der Waals surface area (Å²) in [5.74, 6) is 0.322. The quantitative estimate of drug-likeness (QED) is 0.629. The molecule has 3 rings (SSSR count). The Labute approximate surface area is 155 Å². The first kappa shape index (κ1) is 18.1. The third-order valence-corrected chi connectivity index (χ3v) is 3.95. The van der Waals surface area contributed by atoms with Crippen LogP contribution in [-0.2, 0) is 6.42 Å². The normalized spacial score (nSPS) is 10.6. The van der Waals surface area contributed by atoms with E-state index in [1.54, 1.807) is 18.2 Å². The number of anilines is 3. The van der Waals surface area contributed by atoms with Crippen LogP contribution in [0.5, 0.6) is 0 Å². The van der Waals surface area contributed by atoms with E-state index < -0.39 is 5.82 Å². The Morgan fingerprint density at radius 1 is 1.00 bits per heavy atom. The Morgan fingerprint density at radius 2 is 1.77 bits per heavy atom. The van der Waals surface area contributed by atoms with E-state index in [9.17, 15) is 8.78 Å². The monoisotopic (exact) mass is 374 g/mol. The summed E-state index contributed by atoms with van der Waals surface area (Å²) in [6.07, 6.45) is 0.736. The van der Waals surface area contributed by atoms with E-state index in [4.69, 9.17) is 11.6 Å². The van der Waals surface area contributed by atoms with Crippen molar-refractivity contribution in [1.82, 2.24) is 9.97 Å². The maximum Gasteiger partial charge on any atom is 0.229 e. The predicted molar refractivity (Wildman–Crippen MR) is 100 cm³/mol. The molecule has 0 bridgehead atoms. The molecule has 0 atom stereocenters. The van der Waals surface area contributed by atoms with Crippen LogP contribution >= 0.6 is 11.6 Å². The van der Waals surface area contributed by atoms with Crippen LogP contribution in [0.15, 0.2) is 48.5 Å². The molecular weight excluding hydrogens is 358 g/mol. The fourth-order valence-electron chi connectivity index (χ4n) is 2.40. The molecule has 0 amide bonds. The number of halogens is 3. The van der Waals surface area contributed by atoms with Gasteiger partial charge in [-0.15, -0.1) is 0 Å². The zero-order chi connectivity index (χ0) is 18.5. The highest BCUT2D eigenvalue weighted by Gasteiger charge is 2.05. The highest BCUT2D eigenvalue weighted by atomic mass is 35.5. The molecule has 0 fully saturated rings. The molecule has 0 radical (unpaired) electrons. The SMILES string of the molecule is Cc1cc(NCCc2ccc(F)cc2)nc(Nc2ccc(F)c(Cl)c2)n1. The average Bonchev–Trinajstić information content (AvgIpc) is 2.59. The van der Waals surface area contributed by atoms with Gasteiger partial charge in [0.2, 0.25) is 5.95 Å². The van der Waals surface area contributed by atoms with Gasteiger partial charge in [-0.3, -0.25) is 0 Å². The summed E-state index contributed by atoms with van der Waals surface area (Å²) in [7, 11) is 0. The van der Waals surface area contributed by atoms with Crippen molar-refractivity contribution in [1.29, 1.82) is 0 Å². The zero-order valence-electron chi connectivity index (χ0n) is 14.1. The molecule has 0 saturated carbocycles. The first-order valence-corrected chi connectivity index (χ1v) is 8.43. The molecule has 134 valence electrons. The second-order valence-corrected chi connectivity index (χ2v) is 6.18. The van der Waals surface area contributed by atoms with Gasteiger partial charge in [-0.1, -0.05) is 23.7 Å². The zero-order valence-corrected chi connectivity index (χ0v) is 14.8. The average molecular weight is 375 g/mol. The molecule has 1 aromatic heterocycles. The van der Waals surface area contributed by atoms with Gasteiger partial charge in [0.1, 0.15) is 17.5 Å². The molecule has 0 spiro atoms. The van der Waals surface area contributed by atoms with Crippen molar-refractivity contribution in [2.24, 2.45) is 0 Å². The maximum absolute atomic E-state index is 13.2. The summed E-state index contributed by atoms with van der Waals surface area (Å²) < 4.78 is 26.2. The van der Waals surface area contributed by atoms with E-state index in [-0.39, 0.29) is 10.8 Å². The molecule has 3 aromatic rings. The van der Waals surface area contributed by atoms with Crippen LogP contribution in [0.2, 0.25) is 5.02 Å². The Balaban J connectivity index is 1.65. The lowest BCUT2D eigenvalue weighted by atomic mass is 10.1. The van der Waals surface area contributed by atoms with E-state index in [1.165, 1.54) is 24.3 Å². The Kier molecular flexibility index (Phi) is 5.63. The highest BCUT2D eigenvalue weighted by Crippen LogP contribution is 2.22. The molecule has 0 aliphatic carbocycles.